The molecule has 0 atom stereocenters. The Balaban J connectivity index is 2.40. The van der Waals surface area contributed by atoms with Crippen molar-refractivity contribution in [3.63, 3.8) is 0 Å². The van der Waals surface area contributed by atoms with Crippen LogP contribution in [0.4, 0.5) is 0 Å². The SMILES string of the molecule is CCNCc1cccc(-n2cnc(C#N)c2C#N)c1. The highest BCUT2D eigenvalue weighted by atomic mass is 15.1. The second-order valence-corrected chi connectivity index (χ2v) is 3.99. The molecule has 94 valence electrons. The molecule has 0 saturated heterocycles. The van der Waals surface area contributed by atoms with Crippen molar-refractivity contribution in [1.29, 1.82) is 10.5 Å². The van der Waals surface area contributed by atoms with E-state index < -0.39 is 0 Å². The van der Waals surface area contributed by atoms with Gasteiger partial charge in [0.2, 0.25) is 0 Å². The molecular formula is C14H13N5. The molecule has 2 aromatic rings. The lowest BCUT2D eigenvalue weighted by Crippen LogP contribution is -2.11. The summed E-state index contributed by atoms with van der Waals surface area (Å²) in [5.41, 5.74) is 2.37. The highest BCUT2D eigenvalue weighted by Crippen LogP contribution is 2.15. The van der Waals surface area contributed by atoms with Crippen LogP contribution < -0.4 is 5.32 Å². The standard InChI is InChI=1S/C14H13N5/c1-2-17-9-11-4-3-5-12(6-11)19-10-18-13(7-15)14(19)8-16/h3-6,10,17H,2,9H2,1H3. The zero-order chi connectivity index (χ0) is 13.7. The summed E-state index contributed by atoms with van der Waals surface area (Å²) in [4.78, 5) is 3.94. The highest BCUT2D eigenvalue weighted by Gasteiger charge is 2.11. The van der Waals surface area contributed by atoms with Gasteiger partial charge in [0.25, 0.3) is 0 Å². The average Bonchev–Trinajstić information content (AvgIpc) is 2.88. The van der Waals surface area contributed by atoms with E-state index in [1.807, 2.05) is 43.3 Å². The summed E-state index contributed by atoms with van der Waals surface area (Å²) < 4.78 is 1.63. The molecule has 2 rings (SSSR count). The molecule has 0 amide bonds. The predicted octanol–water partition coefficient (Wildman–Crippen LogP) is 1.73. The molecule has 5 heteroatoms. The van der Waals surface area contributed by atoms with Crippen LogP contribution in [0.5, 0.6) is 0 Å². The number of benzene rings is 1. The number of hydrogen-bond donors (Lipinski definition) is 1. The lowest BCUT2D eigenvalue weighted by atomic mass is 10.2. The molecule has 0 bridgehead atoms. The zero-order valence-electron chi connectivity index (χ0n) is 10.6. The minimum atomic E-state index is 0.152. The van der Waals surface area contributed by atoms with Gasteiger partial charge in [0.05, 0.1) is 0 Å². The number of nitrogens with one attached hydrogen (secondary N) is 1. The number of aromatic nitrogens is 2. The molecule has 0 aliphatic rings. The van der Waals surface area contributed by atoms with E-state index in [1.54, 1.807) is 4.57 Å². The highest BCUT2D eigenvalue weighted by molar-refractivity contribution is 5.45. The molecule has 0 unspecified atom stereocenters. The molecule has 19 heavy (non-hydrogen) atoms. The predicted molar refractivity (Wildman–Crippen MR) is 70.4 cm³/mol. The Bertz CT molecular complexity index is 657. The summed E-state index contributed by atoms with van der Waals surface area (Å²) >= 11 is 0. The van der Waals surface area contributed by atoms with Crippen molar-refractivity contribution in [2.24, 2.45) is 0 Å². The Morgan fingerprint density at radius 2 is 2.16 bits per heavy atom. The van der Waals surface area contributed by atoms with Gasteiger partial charge in [0, 0.05) is 12.2 Å². The summed E-state index contributed by atoms with van der Waals surface area (Å²) in [6.07, 6.45) is 1.50. The van der Waals surface area contributed by atoms with Crippen molar-refractivity contribution in [2.75, 3.05) is 6.54 Å². The maximum Gasteiger partial charge on any atom is 0.177 e. The summed E-state index contributed by atoms with van der Waals surface area (Å²) in [6, 6.07) is 11.7. The van der Waals surface area contributed by atoms with Crippen LogP contribution in [-0.2, 0) is 6.54 Å². The topological polar surface area (TPSA) is 77.4 Å². The van der Waals surface area contributed by atoms with Gasteiger partial charge in [-0.1, -0.05) is 19.1 Å². The van der Waals surface area contributed by atoms with Crippen LogP contribution in [0.2, 0.25) is 0 Å². The quantitative estimate of drug-likeness (QED) is 0.897. The fourth-order valence-corrected chi connectivity index (χ4v) is 1.82. The van der Waals surface area contributed by atoms with Crippen LogP contribution in [0.3, 0.4) is 0 Å². The van der Waals surface area contributed by atoms with Crippen LogP contribution in [0, 0.1) is 22.7 Å². The van der Waals surface area contributed by atoms with Gasteiger partial charge in [-0.25, -0.2) is 4.98 Å². The van der Waals surface area contributed by atoms with Gasteiger partial charge < -0.3 is 5.32 Å². The molecule has 1 aromatic carbocycles. The lowest BCUT2D eigenvalue weighted by molar-refractivity contribution is 0.726. The van der Waals surface area contributed by atoms with Crippen molar-refractivity contribution in [1.82, 2.24) is 14.9 Å². The number of nitrogens with zero attached hydrogens (tertiary/aromatic N) is 4. The molecule has 0 radical (unpaired) electrons. The largest absolute Gasteiger partial charge is 0.313 e. The van der Waals surface area contributed by atoms with Gasteiger partial charge in [0.1, 0.15) is 18.5 Å². The minimum absolute atomic E-state index is 0.152. The third-order valence-corrected chi connectivity index (χ3v) is 2.75. The Labute approximate surface area is 111 Å². The second-order valence-electron chi connectivity index (χ2n) is 3.99. The maximum absolute atomic E-state index is 9.12. The fourth-order valence-electron chi connectivity index (χ4n) is 1.82. The number of imidazole rings is 1. The summed E-state index contributed by atoms with van der Waals surface area (Å²) in [5.74, 6) is 0. The molecule has 0 aliphatic carbocycles. The van der Waals surface area contributed by atoms with E-state index in [1.165, 1.54) is 6.33 Å². The summed E-state index contributed by atoms with van der Waals surface area (Å²) in [7, 11) is 0. The molecule has 1 N–H and O–H groups in total. The van der Waals surface area contributed by atoms with Gasteiger partial charge in [-0.3, -0.25) is 4.57 Å². The fraction of sp³-hybridized carbons (Fsp3) is 0.214. The van der Waals surface area contributed by atoms with E-state index in [0.29, 0.717) is 0 Å². The smallest absolute Gasteiger partial charge is 0.177 e. The van der Waals surface area contributed by atoms with E-state index in [2.05, 4.69) is 10.3 Å². The first kappa shape index (κ1) is 12.8. The molecule has 0 spiro atoms. The monoisotopic (exact) mass is 251 g/mol. The molecular weight excluding hydrogens is 238 g/mol. The van der Waals surface area contributed by atoms with Gasteiger partial charge in [-0.05, 0) is 24.2 Å². The van der Waals surface area contributed by atoms with Crippen LogP contribution >= 0.6 is 0 Å². The van der Waals surface area contributed by atoms with E-state index in [9.17, 15) is 0 Å². The molecule has 5 nitrogen and oxygen atoms in total. The molecule has 0 saturated carbocycles. The van der Waals surface area contributed by atoms with Gasteiger partial charge in [0.15, 0.2) is 11.4 Å². The van der Waals surface area contributed by atoms with Gasteiger partial charge in [-0.15, -0.1) is 0 Å². The zero-order valence-corrected chi connectivity index (χ0v) is 10.6. The Morgan fingerprint density at radius 3 is 2.84 bits per heavy atom. The molecule has 1 aromatic heterocycles. The lowest BCUT2D eigenvalue weighted by Gasteiger charge is -2.07. The summed E-state index contributed by atoms with van der Waals surface area (Å²) in [6.45, 7) is 3.72. The van der Waals surface area contributed by atoms with E-state index in [-0.39, 0.29) is 11.4 Å². The van der Waals surface area contributed by atoms with Crippen LogP contribution in [0.1, 0.15) is 23.9 Å². The van der Waals surface area contributed by atoms with Crippen molar-refractivity contribution in [3.8, 4) is 17.8 Å². The molecule has 1 heterocycles. The van der Waals surface area contributed by atoms with Gasteiger partial charge in [-0.2, -0.15) is 10.5 Å². The second kappa shape index (κ2) is 5.81. The number of nitriles is 2. The maximum atomic E-state index is 9.12. The van der Waals surface area contributed by atoms with Crippen LogP contribution in [0.15, 0.2) is 30.6 Å². The first-order valence-electron chi connectivity index (χ1n) is 5.97. The normalized spacial score (nSPS) is 9.84. The third-order valence-electron chi connectivity index (χ3n) is 2.75. The van der Waals surface area contributed by atoms with Crippen molar-refractivity contribution in [2.45, 2.75) is 13.5 Å². The minimum Gasteiger partial charge on any atom is -0.313 e. The van der Waals surface area contributed by atoms with Gasteiger partial charge >= 0.3 is 0 Å². The first-order valence-corrected chi connectivity index (χ1v) is 5.97. The van der Waals surface area contributed by atoms with Crippen molar-refractivity contribution < 1.29 is 0 Å². The van der Waals surface area contributed by atoms with Crippen LogP contribution in [0.25, 0.3) is 5.69 Å². The molecule has 0 aliphatic heterocycles. The average molecular weight is 251 g/mol. The Morgan fingerprint density at radius 1 is 1.32 bits per heavy atom. The number of hydrogen-bond acceptors (Lipinski definition) is 4. The van der Waals surface area contributed by atoms with Crippen molar-refractivity contribution in [3.05, 3.63) is 47.5 Å². The van der Waals surface area contributed by atoms with E-state index >= 15 is 0 Å². The third kappa shape index (κ3) is 2.62. The van der Waals surface area contributed by atoms with Crippen molar-refractivity contribution >= 4 is 0 Å². The van der Waals surface area contributed by atoms with E-state index in [0.717, 1.165) is 24.3 Å². The Kier molecular flexibility index (Phi) is 3.92. The summed E-state index contributed by atoms with van der Waals surface area (Å²) in [5, 5.41) is 21.3. The molecule has 0 fully saturated rings. The first-order chi connectivity index (χ1) is 9.30. The number of rotatable bonds is 4. The van der Waals surface area contributed by atoms with E-state index in [4.69, 9.17) is 10.5 Å². The van der Waals surface area contributed by atoms with Crippen LogP contribution in [-0.4, -0.2) is 16.1 Å². The Hall–Kier alpha value is -2.63.